The summed E-state index contributed by atoms with van der Waals surface area (Å²) in [5, 5.41) is 0. The van der Waals surface area contributed by atoms with Crippen molar-refractivity contribution in [1.82, 2.24) is 0 Å². The molecule has 0 spiro atoms. The van der Waals surface area contributed by atoms with E-state index in [9.17, 15) is 4.79 Å². The number of amides is 1. The van der Waals surface area contributed by atoms with Gasteiger partial charge in [-0.05, 0) is 35.4 Å². The van der Waals surface area contributed by atoms with Gasteiger partial charge in [-0.15, -0.1) is 0 Å². The Bertz CT molecular complexity index is 606. The van der Waals surface area contributed by atoms with Crippen molar-refractivity contribution in [3.05, 3.63) is 28.8 Å². The van der Waals surface area contributed by atoms with E-state index in [2.05, 4.69) is 26.8 Å². The molecule has 0 aliphatic carbocycles. The molecule has 2 unspecified atom stereocenters. The predicted octanol–water partition coefficient (Wildman–Crippen LogP) is 3.14. The van der Waals surface area contributed by atoms with Crippen LogP contribution in [0.2, 0.25) is 0 Å². The van der Waals surface area contributed by atoms with E-state index in [0.717, 1.165) is 24.2 Å². The van der Waals surface area contributed by atoms with Crippen molar-refractivity contribution in [2.24, 2.45) is 11.1 Å². The number of hydrogen-bond donors (Lipinski definition) is 1. The minimum atomic E-state index is -0.751. The van der Waals surface area contributed by atoms with Crippen molar-refractivity contribution in [1.29, 1.82) is 0 Å². The second kappa shape index (κ2) is 6.04. The topological polar surface area (TPSA) is 70.8 Å². The third-order valence-electron chi connectivity index (χ3n) is 4.39. The zero-order valence-corrected chi connectivity index (χ0v) is 14.1. The maximum Gasteiger partial charge on any atom is 0.404 e. The highest BCUT2D eigenvalue weighted by atomic mass is 16.6. The standard InChI is InChI=1S/C18H25NO4/c1-18(2,3)10-14(23-17(19)20)16-15-11(6-8-22-16)4-5-13-12(15)7-9-21-13/h4-5,14,16H,6-10H2,1-3H3,(H2,19,20). The zero-order chi connectivity index (χ0) is 16.6. The van der Waals surface area contributed by atoms with Crippen LogP contribution in [0, 0.1) is 5.41 Å². The summed E-state index contributed by atoms with van der Waals surface area (Å²) in [4.78, 5) is 11.4. The Hall–Kier alpha value is -1.75. The van der Waals surface area contributed by atoms with E-state index in [1.54, 1.807) is 0 Å². The first-order chi connectivity index (χ1) is 10.8. The molecule has 2 N–H and O–H groups in total. The van der Waals surface area contributed by atoms with Crippen LogP contribution in [0.5, 0.6) is 5.75 Å². The second-order valence-electron chi connectivity index (χ2n) is 7.50. The molecule has 5 heteroatoms. The predicted molar refractivity (Wildman–Crippen MR) is 86.6 cm³/mol. The van der Waals surface area contributed by atoms with Crippen LogP contribution in [0.1, 0.15) is 50.0 Å². The highest BCUT2D eigenvalue weighted by Gasteiger charge is 2.37. The highest BCUT2D eigenvalue weighted by Crippen LogP contribution is 2.42. The zero-order valence-electron chi connectivity index (χ0n) is 14.1. The fraction of sp³-hybridized carbons (Fsp3) is 0.611. The van der Waals surface area contributed by atoms with Crippen LogP contribution < -0.4 is 10.5 Å². The van der Waals surface area contributed by atoms with E-state index >= 15 is 0 Å². The van der Waals surface area contributed by atoms with Gasteiger partial charge in [-0.25, -0.2) is 4.79 Å². The molecule has 0 aromatic heterocycles. The average molecular weight is 319 g/mol. The molecular formula is C18H25NO4. The molecule has 2 heterocycles. The average Bonchev–Trinajstić information content (AvgIpc) is 2.92. The molecule has 23 heavy (non-hydrogen) atoms. The van der Waals surface area contributed by atoms with Crippen molar-refractivity contribution in [3.63, 3.8) is 0 Å². The normalized spacial score (nSPS) is 21.1. The van der Waals surface area contributed by atoms with Crippen molar-refractivity contribution in [3.8, 4) is 5.75 Å². The van der Waals surface area contributed by atoms with Gasteiger partial charge in [-0.2, -0.15) is 0 Å². The lowest BCUT2D eigenvalue weighted by atomic mass is 9.82. The smallest absolute Gasteiger partial charge is 0.404 e. The number of fused-ring (bicyclic) bond motifs is 3. The van der Waals surface area contributed by atoms with Gasteiger partial charge in [0, 0.05) is 12.0 Å². The minimum absolute atomic E-state index is 0.00442. The van der Waals surface area contributed by atoms with Crippen molar-refractivity contribution < 1.29 is 19.0 Å². The number of hydrogen-bond acceptors (Lipinski definition) is 4. The van der Waals surface area contributed by atoms with Gasteiger partial charge in [0.1, 0.15) is 18.0 Å². The maximum absolute atomic E-state index is 11.4. The van der Waals surface area contributed by atoms with Crippen LogP contribution >= 0.6 is 0 Å². The highest BCUT2D eigenvalue weighted by molar-refractivity contribution is 5.65. The molecule has 2 aliphatic heterocycles. The second-order valence-corrected chi connectivity index (χ2v) is 7.50. The molecule has 0 bridgehead atoms. The Morgan fingerprint density at radius 2 is 2.13 bits per heavy atom. The Morgan fingerprint density at radius 3 is 2.83 bits per heavy atom. The molecule has 0 saturated heterocycles. The van der Waals surface area contributed by atoms with Crippen molar-refractivity contribution >= 4 is 6.09 Å². The molecule has 5 nitrogen and oxygen atoms in total. The molecule has 2 atom stereocenters. The Morgan fingerprint density at radius 1 is 1.35 bits per heavy atom. The summed E-state index contributed by atoms with van der Waals surface area (Å²) < 4.78 is 17.2. The third kappa shape index (κ3) is 3.44. The number of primary amides is 1. The lowest BCUT2D eigenvalue weighted by Gasteiger charge is -2.35. The Labute approximate surface area is 137 Å². The first-order valence-corrected chi connectivity index (χ1v) is 8.20. The van der Waals surface area contributed by atoms with Gasteiger partial charge < -0.3 is 19.9 Å². The van der Waals surface area contributed by atoms with Crippen LogP contribution in [0.25, 0.3) is 0 Å². The van der Waals surface area contributed by atoms with Crippen LogP contribution in [0.4, 0.5) is 4.79 Å². The molecule has 126 valence electrons. The SMILES string of the molecule is CC(C)(C)CC(OC(N)=O)C1OCCc2ccc3c(c21)CCO3. The van der Waals surface area contributed by atoms with Gasteiger partial charge >= 0.3 is 6.09 Å². The quantitative estimate of drug-likeness (QED) is 0.929. The van der Waals surface area contributed by atoms with Crippen molar-refractivity contribution in [2.45, 2.75) is 52.2 Å². The number of carbonyl (C=O) groups is 1. The van der Waals surface area contributed by atoms with Gasteiger partial charge in [-0.1, -0.05) is 26.8 Å². The summed E-state index contributed by atoms with van der Waals surface area (Å²) >= 11 is 0. The van der Waals surface area contributed by atoms with Crippen LogP contribution in [0.3, 0.4) is 0 Å². The fourth-order valence-electron chi connectivity index (χ4n) is 3.56. The van der Waals surface area contributed by atoms with E-state index in [0.29, 0.717) is 19.6 Å². The summed E-state index contributed by atoms with van der Waals surface area (Å²) in [6.07, 6.45) is 1.01. The summed E-state index contributed by atoms with van der Waals surface area (Å²) in [5.41, 5.74) is 8.90. The first-order valence-electron chi connectivity index (χ1n) is 8.20. The summed E-state index contributed by atoms with van der Waals surface area (Å²) in [6, 6.07) is 4.14. The molecular weight excluding hydrogens is 294 g/mol. The largest absolute Gasteiger partial charge is 0.493 e. The van der Waals surface area contributed by atoms with Gasteiger partial charge in [0.25, 0.3) is 0 Å². The van der Waals surface area contributed by atoms with Gasteiger partial charge in [0.15, 0.2) is 0 Å². The number of rotatable bonds is 3. The number of carbonyl (C=O) groups excluding carboxylic acids is 1. The monoisotopic (exact) mass is 319 g/mol. The molecule has 1 amide bonds. The molecule has 0 radical (unpaired) electrons. The lowest BCUT2D eigenvalue weighted by molar-refractivity contribution is -0.0644. The van der Waals surface area contributed by atoms with Gasteiger partial charge in [-0.3, -0.25) is 0 Å². The molecule has 3 rings (SSSR count). The van der Waals surface area contributed by atoms with Crippen LogP contribution in [0.15, 0.2) is 12.1 Å². The van der Waals surface area contributed by atoms with Gasteiger partial charge in [0.05, 0.1) is 13.2 Å². The third-order valence-corrected chi connectivity index (χ3v) is 4.39. The molecule has 1 aromatic carbocycles. The number of ether oxygens (including phenoxy) is 3. The summed E-state index contributed by atoms with van der Waals surface area (Å²) in [5.74, 6) is 0.924. The van der Waals surface area contributed by atoms with E-state index in [4.69, 9.17) is 19.9 Å². The first kappa shape index (κ1) is 16.1. The van der Waals surface area contributed by atoms with Crippen LogP contribution in [-0.4, -0.2) is 25.4 Å². The van der Waals surface area contributed by atoms with Gasteiger partial charge in [0.2, 0.25) is 0 Å². The number of benzene rings is 1. The maximum atomic E-state index is 11.4. The summed E-state index contributed by atoms with van der Waals surface area (Å²) in [6.45, 7) is 7.67. The molecule has 0 fully saturated rings. The molecule has 1 aromatic rings. The van der Waals surface area contributed by atoms with E-state index in [1.807, 2.05) is 6.07 Å². The lowest BCUT2D eigenvalue weighted by Crippen LogP contribution is -2.36. The molecule has 0 saturated carbocycles. The van der Waals surface area contributed by atoms with Crippen LogP contribution in [-0.2, 0) is 22.3 Å². The van der Waals surface area contributed by atoms with E-state index in [-0.39, 0.29) is 11.5 Å². The number of nitrogens with two attached hydrogens (primary N) is 1. The fourth-order valence-corrected chi connectivity index (χ4v) is 3.56. The van der Waals surface area contributed by atoms with Crippen molar-refractivity contribution in [2.75, 3.05) is 13.2 Å². The minimum Gasteiger partial charge on any atom is -0.493 e. The Balaban J connectivity index is 1.99. The molecule has 2 aliphatic rings. The Kier molecular flexibility index (Phi) is 4.23. The summed E-state index contributed by atoms with van der Waals surface area (Å²) in [7, 11) is 0. The van der Waals surface area contributed by atoms with E-state index in [1.165, 1.54) is 11.1 Å². The van der Waals surface area contributed by atoms with E-state index < -0.39 is 12.2 Å².